The summed E-state index contributed by atoms with van der Waals surface area (Å²) in [5, 5.41) is 14.6. The van der Waals surface area contributed by atoms with Gasteiger partial charge in [0.2, 0.25) is 0 Å². The Morgan fingerprint density at radius 1 is 1.21 bits per heavy atom. The number of methoxy groups -OCH3 is 1. The lowest BCUT2D eigenvalue weighted by Crippen LogP contribution is -2.36. The number of ether oxygens (including phenoxy) is 2. The average Bonchev–Trinajstić information content (AvgIpc) is 3.48. The predicted octanol–water partition coefficient (Wildman–Crippen LogP) is 2.77. The van der Waals surface area contributed by atoms with Gasteiger partial charge in [-0.15, -0.1) is 0 Å². The minimum Gasteiger partial charge on any atom is -0.477 e. The highest BCUT2D eigenvalue weighted by atomic mass is 16.5. The van der Waals surface area contributed by atoms with E-state index in [0.717, 1.165) is 22.3 Å². The Morgan fingerprint density at radius 3 is 2.76 bits per heavy atom. The second kappa shape index (κ2) is 9.24. The van der Waals surface area contributed by atoms with Gasteiger partial charge in [-0.1, -0.05) is 23.8 Å². The van der Waals surface area contributed by atoms with Crippen LogP contribution in [0.1, 0.15) is 16.1 Å². The quantitative estimate of drug-likeness (QED) is 0.447. The van der Waals surface area contributed by atoms with E-state index < -0.39 is 5.97 Å². The number of imidazole rings is 1. The van der Waals surface area contributed by atoms with Gasteiger partial charge < -0.3 is 24.0 Å². The molecule has 1 saturated heterocycles. The summed E-state index contributed by atoms with van der Waals surface area (Å²) >= 11 is 0. The minimum absolute atomic E-state index is 0.0410. The molecule has 5 rings (SSSR count). The predicted molar refractivity (Wildman–Crippen MR) is 127 cm³/mol. The number of morpholine rings is 1. The zero-order valence-electron chi connectivity index (χ0n) is 19.1. The molecule has 10 nitrogen and oxygen atoms in total. The van der Waals surface area contributed by atoms with Crippen molar-refractivity contribution in [2.45, 2.75) is 13.5 Å². The summed E-state index contributed by atoms with van der Waals surface area (Å²) in [7, 11) is 1.65. The summed E-state index contributed by atoms with van der Waals surface area (Å²) in [5.41, 5.74) is 4.82. The number of hydrogen-bond donors (Lipinski definition) is 1. The summed E-state index contributed by atoms with van der Waals surface area (Å²) in [6, 6.07) is 11.3. The van der Waals surface area contributed by atoms with Crippen molar-refractivity contribution in [1.82, 2.24) is 24.3 Å². The number of benzene rings is 1. The fraction of sp³-hybridized carbons (Fsp3) is 0.333. The monoisotopic (exact) mass is 462 g/mol. The largest absolute Gasteiger partial charge is 0.477 e. The van der Waals surface area contributed by atoms with E-state index in [1.165, 1.54) is 4.68 Å². The van der Waals surface area contributed by atoms with Crippen LogP contribution in [-0.4, -0.2) is 75.4 Å². The Kier molecular flexibility index (Phi) is 5.99. The normalized spacial score (nSPS) is 14.1. The van der Waals surface area contributed by atoms with Gasteiger partial charge in [-0.2, -0.15) is 5.10 Å². The SMILES string of the molecule is COCCn1cnc2c(N3CCOCC3)cc(-n3nc(-c4cccc(C)c4)cc3C(=O)O)nc21. The van der Waals surface area contributed by atoms with Crippen molar-refractivity contribution in [1.29, 1.82) is 0 Å². The van der Waals surface area contributed by atoms with Crippen LogP contribution >= 0.6 is 0 Å². The number of pyridine rings is 1. The van der Waals surface area contributed by atoms with E-state index in [2.05, 4.69) is 15.0 Å². The third-order valence-corrected chi connectivity index (χ3v) is 5.89. The number of aromatic carboxylic acids is 1. The van der Waals surface area contributed by atoms with Gasteiger partial charge in [-0.05, 0) is 19.1 Å². The van der Waals surface area contributed by atoms with Gasteiger partial charge >= 0.3 is 5.97 Å². The molecule has 0 bridgehead atoms. The molecule has 0 saturated carbocycles. The molecule has 1 aliphatic rings. The molecule has 4 heterocycles. The standard InChI is InChI=1S/C24H26N6O4/c1-16-4-3-5-17(12-16)18-13-20(24(31)32)30(27-18)21-14-19(28-7-10-34-11-8-28)22-23(26-21)29(15-25-22)6-9-33-2/h3-5,12-15H,6-11H2,1-2H3,(H,31,32). The number of aryl methyl sites for hydroxylation is 1. The van der Waals surface area contributed by atoms with Crippen LogP contribution in [0.2, 0.25) is 0 Å². The lowest BCUT2D eigenvalue weighted by atomic mass is 10.1. The first-order valence-corrected chi connectivity index (χ1v) is 11.1. The van der Waals surface area contributed by atoms with Gasteiger partial charge in [-0.3, -0.25) is 0 Å². The van der Waals surface area contributed by atoms with Crippen LogP contribution in [0.5, 0.6) is 0 Å². The number of carboxylic acid groups (broad SMARTS) is 1. The lowest BCUT2D eigenvalue weighted by Gasteiger charge is -2.29. The van der Waals surface area contributed by atoms with Crippen LogP contribution in [0.3, 0.4) is 0 Å². The maximum atomic E-state index is 12.2. The van der Waals surface area contributed by atoms with Crippen molar-refractivity contribution in [2.24, 2.45) is 0 Å². The number of carbonyl (C=O) groups is 1. The number of nitrogens with zero attached hydrogens (tertiary/aromatic N) is 6. The Bertz CT molecular complexity index is 1340. The molecule has 0 unspecified atom stereocenters. The molecular formula is C24H26N6O4. The second-order valence-corrected chi connectivity index (χ2v) is 8.20. The molecular weight excluding hydrogens is 436 g/mol. The summed E-state index contributed by atoms with van der Waals surface area (Å²) in [6.45, 7) is 5.72. The number of aromatic nitrogens is 5. The Hall–Kier alpha value is -3.76. The maximum Gasteiger partial charge on any atom is 0.354 e. The van der Waals surface area contributed by atoms with E-state index in [1.54, 1.807) is 19.5 Å². The fourth-order valence-corrected chi connectivity index (χ4v) is 4.17. The molecule has 0 aliphatic carbocycles. The highest BCUT2D eigenvalue weighted by molar-refractivity contribution is 5.90. The zero-order chi connectivity index (χ0) is 23.7. The molecule has 0 spiro atoms. The molecule has 0 radical (unpaired) electrons. The fourth-order valence-electron chi connectivity index (χ4n) is 4.17. The average molecular weight is 463 g/mol. The van der Waals surface area contributed by atoms with Crippen LogP contribution in [0.15, 0.2) is 42.7 Å². The van der Waals surface area contributed by atoms with Crippen molar-refractivity contribution in [3.63, 3.8) is 0 Å². The van der Waals surface area contributed by atoms with Crippen LogP contribution < -0.4 is 4.90 Å². The lowest BCUT2D eigenvalue weighted by molar-refractivity contribution is 0.0686. The van der Waals surface area contributed by atoms with Crippen molar-refractivity contribution >= 4 is 22.8 Å². The number of carboxylic acids is 1. The molecule has 34 heavy (non-hydrogen) atoms. The molecule has 1 aromatic carbocycles. The van der Waals surface area contributed by atoms with Crippen LogP contribution in [-0.2, 0) is 16.0 Å². The van der Waals surface area contributed by atoms with Gasteiger partial charge in [0.25, 0.3) is 0 Å². The van der Waals surface area contributed by atoms with Crippen molar-refractivity contribution in [2.75, 3.05) is 44.9 Å². The van der Waals surface area contributed by atoms with Crippen molar-refractivity contribution in [3.05, 3.63) is 54.0 Å². The molecule has 4 aromatic rings. The summed E-state index contributed by atoms with van der Waals surface area (Å²) in [5.74, 6) is -0.654. The Balaban J connectivity index is 1.69. The first kappa shape index (κ1) is 22.1. The van der Waals surface area contributed by atoms with E-state index in [1.807, 2.05) is 41.8 Å². The smallest absolute Gasteiger partial charge is 0.354 e. The van der Waals surface area contributed by atoms with Gasteiger partial charge in [0.1, 0.15) is 5.52 Å². The second-order valence-electron chi connectivity index (χ2n) is 8.20. The van der Waals surface area contributed by atoms with Gasteiger partial charge in [-0.25, -0.2) is 19.4 Å². The Labute approximate surface area is 196 Å². The summed E-state index contributed by atoms with van der Waals surface area (Å²) in [4.78, 5) is 23.8. The van der Waals surface area contributed by atoms with Crippen molar-refractivity contribution < 1.29 is 19.4 Å². The van der Waals surface area contributed by atoms with E-state index in [0.29, 0.717) is 56.6 Å². The number of fused-ring (bicyclic) bond motifs is 1. The molecule has 0 atom stereocenters. The molecule has 3 aromatic heterocycles. The highest BCUT2D eigenvalue weighted by Gasteiger charge is 2.23. The number of rotatable bonds is 7. The Morgan fingerprint density at radius 2 is 2.03 bits per heavy atom. The van der Waals surface area contributed by atoms with Crippen LogP contribution in [0.4, 0.5) is 5.69 Å². The van der Waals surface area contributed by atoms with E-state index in [9.17, 15) is 9.90 Å². The number of hydrogen-bond acceptors (Lipinski definition) is 7. The van der Waals surface area contributed by atoms with Crippen LogP contribution in [0.25, 0.3) is 28.2 Å². The molecule has 0 amide bonds. The van der Waals surface area contributed by atoms with E-state index in [-0.39, 0.29) is 5.69 Å². The first-order chi connectivity index (χ1) is 16.5. The van der Waals surface area contributed by atoms with E-state index in [4.69, 9.17) is 14.5 Å². The molecule has 1 fully saturated rings. The molecule has 1 aliphatic heterocycles. The number of anilines is 1. The van der Waals surface area contributed by atoms with Gasteiger partial charge in [0, 0.05) is 38.4 Å². The zero-order valence-corrected chi connectivity index (χ0v) is 19.1. The summed E-state index contributed by atoms with van der Waals surface area (Å²) in [6.07, 6.45) is 1.74. The van der Waals surface area contributed by atoms with Gasteiger partial charge in [0.05, 0.1) is 37.5 Å². The topological polar surface area (TPSA) is 108 Å². The molecule has 1 N–H and O–H groups in total. The third kappa shape index (κ3) is 4.13. The van der Waals surface area contributed by atoms with Gasteiger partial charge in [0.15, 0.2) is 17.2 Å². The van der Waals surface area contributed by atoms with E-state index >= 15 is 0 Å². The summed E-state index contributed by atoms with van der Waals surface area (Å²) < 4.78 is 14.1. The minimum atomic E-state index is -1.07. The van der Waals surface area contributed by atoms with Crippen LogP contribution in [0, 0.1) is 6.92 Å². The highest BCUT2D eigenvalue weighted by Crippen LogP contribution is 2.30. The third-order valence-electron chi connectivity index (χ3n) is 5.89. The maximum absolute atomic E-state index is 12.2. The molecule has 10 heteroatoms. The van der Waals surface area contributed by atoms with Crippen molar-refractivity contribution in [3.8, 4) is 17.1 Å². The first-order valence-electron chi connectivity index (χ1n) is 11.1. The molecule has 176 valence electrons.